The van der Waals surface area contributed by atoms with Crippen LogP contribution in [0.15, 0.2) is 54.8 Å². The molecule has 1 heterocycles. The first-order chi connectivity index (χ1) is 24.5. The molecule has 1 fully saturated rings. The molecule has 0 saturated carbocycles. The smallest absolute Gasteiger partial charge is 0.326 e. The van der Waals surface area contributed by atoms with Crippen LogP contribution in [0, 0.1) is 41.4 Å². The van der Waals surface area contributed by atoms with Crippen molar-refractivity contribution in [1.29, 1.82) is 0 Å². The number of hydrogen-bond donors (Lipinski definition) is 3. The molecule has 0 aromatic heterocycles. The maximum Gasteiger partial charge on any atom is 0.326 e. The van der Waals surface area contributed by atoms with Crippen molar-refractivity contribution in [3.63, 3.8) is 0 Å². The molecule has 0 aliphatic carbocycles. The summed E-state index contributed by atoms with van der Waals surface area (Å²) in [4.78, 5) is 41.2. The van der Waals surface area contributed by atoms with E-state index in [4.69, 9.17) is 14.2 Å². The van der Waals surface area contributed by atoms with Crippen LogP contribution in [0.5, 0.6) is 0 Å². The molecule has 10 nitrogen and oxygen atoms in total. The van der Waals surface area contributed by atoms with Gasteiger partial charge in [0.2, 0.25) is 5.91 Å². The summed E-state index contributed by atoms with van der Waals surface area (Å²) in [5.74, 6) is -1.24. The van der Waals surface area contributed by atoms with Gasteiger partial charge in [0.15, 0.2) is 5.78 Å². The number of methoxy groups -OCH3 is 3. The summed E-state index contributed by atoms with van der Waals surface area (Å²) < 4.78 is 17.8. The molecular weight excluding hydrogens is 658 g/mol. The van der Waals surface area contributed by atoms with Gasteiger partial charge < -0.3 is 29.5 Å². The van der Waals surface area contributed by atoms with E-state index in [1.165, 1.54) is 0 Å². The molecule has 1 amide bonds. The molecule has 3 N–H and O–H groups in total. The van der Waals surface area contributed by atoms with E-state index in [-0.39, 0.29) is 54.1 Å². The van der Waals surface area contributed by atoms with Gasteiger partial charge in [-0.1, -0.05) is 111 Å². The lowest BCUT2D eigenvalue weighted by Crippen LogP contribution is -2.54. The number of carbonyl (C=O) groups excluding carboxylic acids is 2. The van der Waals surface area contributed by atoms with E-state index in [0.717, 1.165) is 23.3 Å². The number of nitrogens with one attached hydrogen (secondary N) is 2. The highest BCUT2D eigenvalue weighted by molar-refractivity contribution is 5.85. The number of ketones is 1. The summed E-state index contributed by atoms with van der Waals surface area (Å²) in [6.07, 6.45) is 0.516. The molecule has 0 spiro atoms. The Kier molecular flexibility index (Phi) is 18.7. The minimum Gasteiger partial charge on any atom is -0.480 e. The van der Waals surface area contributed by atoms with Gasteiger partial charge in [-0.25, -0.2) is 4.79 Å². The molecule has 1 aliphatic heterocycles. The predicted molar refractivity (Wildman–Crippen MR) is 208 cm³/mol. The van der Waals surface area contributed by atoms with Crippen molar-refractivity contribution in [1.82, 2.24) is 15.5 Å². The van der Waals surface area contributed by atoms with Gasteiger partial charge in [-0.15, -0.1) is 0 Å². The molecule has 1 aromatic rings. The van der Waals surface area contributed by atoms with Crippen molar-refractivity contribution in [2.45, 2.75) is 112 Å². The van der Waals surface area contributed by atoms with Crippen molar-refractivity contribution in [2.24, 2.45) is 41.4 Å². The van der Waals surface area contributed by atoms with Gasteiger partial charge in [-0.2, -0.15) is 0 Å². The predicted octanol–water partition coefficient (Wildman–Crippen LogP) is 6.36. The van der Waals surface area contributed by atoms with E-state index in [1.807, 2.05) is 44.2 Å². The van der Waals surface area contributed by atoms with E-state index in [2.05, 4.69) is 63.3 Å². The number of rotatable bonds is 24. The Morgan fingerprint density at radius 3 is 2.06 bits per heavy atom. The lowest BCUT2D eigenvalue weighted by atomic mass is 9.69. The average Bonchev–Trinajstić information content (AvgIpc) is 3.59. The second kappa shape index (κ2) is 21.6. The number of aliphatic carboxylic acids is 1. The van der Waals surface area contributed by atoms with Gasteiger partial charge in [-0.05, 0) is 41.1 Å². The zero-order chi connectivity index (χ0) is 39.3. The number of allylic oxidation sites excluding steroid dienone is 1. The summed E-state index contributed by atoms with van der Waals surface area (Å²) in [6, 6.07) is 8.19. The van der Waals surface area contributed by atoms with Gasteiger partial charge in [0.1, 0.15) is 24.4 Å². The number of benzene rings is 1. The standard InChI is InChI=1S/C42H69N3O7/c1-14-27(6)37(30(9)29(8)33(25(2)3)24-35(46)38(51-12)26(4)5)36(50-11)22-28(7)45-21-20-43-40(45)39(52-13)31(10)41(47)44-34(42(48)49)23-32-18-16-15-17-19-32/h15-19,25-27,30-31,33-34,36-40,43H,7-8,14,20-24H2,1-6,9-13H3,(H,44,47)(H,48,49)/t27-,30?,31+,33-,34-,36+,37+,38-,39+,40+/m0/s1. The summed E-state index contributed by atoms with van der Waals surface area (Å²) in [7, 11) is 4.92. The first-order valence-electron chi connectivity index (χ1n) is 19.1. The van der Waals surface area contributed by atoms with Gasteiger partial charge in [-0.3, -0.25) is 14.9 Å². The Bertz CT molecular complexity index is 1300. The van der Waals surface area contributed by atoms with Crippen molar-refractivity contribution in [3.05, 3.63) is 60.3 Å². The fourth-order valence-electron chi connectivity index (χ4n) is 8.01. The van der Waals surface area contributed by atoms with Crippen LogP contribution < -0.4 is 10.6 Å². The van der Waals surface area contributed by atoms with Crippen LogP contribution in [0.25, 0.3) is 0 Å². The lowest BCUT2D eigenvalue weighted by molar-refractivity contribution is -0.143. The molecule has 0 radical (unpaired) electrons. The zero-order valence-corrected chi connectivity index (χ0v) is 33.8. The quantitative estimate of drug-likeness (QED) is 0.104. The van der Waals surface area contributed by atoms with E-state index in [9.17, 15) is 19.5 Å². The van der Waals surface area contributed by atoms with E-state index in [0.29, 0.717) is 31.8 Å². The Hall–Kier alpha value is -3.05. The number of amides is 1. The SMILES string of the molecule is C=C(C(C)[C@@H]([C@@H](C)CC)[C@@H](CC(=C)N1CCN[C@H]1[C@H](OC)[C@@H](C)C(=O)N[C@@H](Cc1ccccc1)C(=O)O)OC)[C@@H](CC(=O)[C@@H](OC)C(C)C)C(C)C. The first kappa shape index (κ1) is 45.1. The fourth-order valence-corrected chi connectivity index (χ4v) is 8.01. The van der Waals surface area contributed by atoms with E-state index >= 15 is 0 Å². The minimum absolute atomic E-state index is 0.00170. The van der Waals surface area contributed by atoms with Crippen molar-refractivity contribution in [2.75, 3.05) is 34.4 Å². The maximum absolute atomic E-state index is 13.5. The molecule has 1 aromatic carbocycles. The Morgan fingerprint density at radius 1 is 0.923 bits per heavy atom. The van der Waals surface area contributed by atoms with Crippen LogP contribution >= 0.6 is 0 Å². The number of hydrogen-bond acceptors (Lipinski definition) is 8. The lowest BCUT2D eigenvalue weighted by Gasteiger charge is -2.41. The molecule has 10 atom stereocenters. The molecule has 10 heteroatoms. The Labute approximate surface area is 314 Å². The molecule has 1 aliphatic rings. The number of ether oxygens (including phenoxy) is 3. The molecule has 2 rings (SSSR count). The van der Waals surface area contributed by atoms with Gasteiger partial charge in [0.25, 0.3) is 0 Å². The molecule has 294 valence electrons. The summed E-state index contributed by atoms with van der Waals surface area (Å²) in [6.45, 7) is 27.2. The topological polar surface area (TPSA) is 126 Å². The van der Waals surface area contributed by atoms with E-state index < -0.39 is 36.0 Å². The number of carboxylic acid groups (broad SMARTS) is 1. The highest BCUT2D eigenvalue weighted by Crippen LogP contribution is 2.40. The van der Waals surface area contributed by atoms with Crippen LogP contribution in [-0.4, -0.2) is 92.6 Å². The summed E-state index contributed by atoms with van der Waals surface area (Å²) >= 11 is 0. The second-order valence-electron chi connectivity index (χ2n) is 15.5. The molecule has 1 saturated heterocycles. The average molecular weight is 728 g/mol. The number of carbonyl (C=O) groups is 3. The molecule has 1 unspecified atom stereocenters. The highest BCUT2D eigenvalue weighted by Gasteiger charge is 2.41. The Morgan fingerprint density at radius 2 is 1.56 bits per heavy atom. The Balaban J connectivity index is 2.26. The van der Waals surface area contributed by atoms with E-state index in [1.54, 1.807) is 28.3 Å². The number of Topliss-reactive ketones (excluding diaryl/α,β-unsaturated/α-hetero) is 1. The van der Waals surface area contributed by atoms with Crippen LogP contribution in [0.1, 0.15) is 80.2 Å². The normalized spacial score (nSPS) is 20.0. The monoisotopic (exact) mass is 728 g/mol. The second-order valence-corrected chi connectivity index (χ2v) is 15.5. The van der Waals surface area contributed by atoms with Crippen molar-refractivity contribution < 1.29 is 33.7 Å². The van der Waals surface area contributed by atoms with Gasteiger partial charge in [0.05, 0.1) is 12.0 Å². The fraction of sp³-hybridized carbons (Fsp3) is 0.690. The molecule has 52 heavy (non-hydrogen) atoms. The third-order valence-electron chi connectivity index (χ3n) is 11.3. The molecule has 0 bridgehead atoms. The summed E-state index contributed by atoms with van der Waals surface area (Å²) in [5.41, 5.74) is 2.75. The van der Waals surface area contributed by atoms with Crippen LogP contribution in [0.4, 0.5) is 0 Å². The zero-order valence-electron chi connectivity index (χ0n) is 33.8. The third kappa shape index (κ3) is 12.0. The maximum atomic E-state index is 13.5. The largest absolute Gasteiger partial charge is 0.480 e. The number of carboxylic acids is 1. The van der Waals surface area contributed by atoms with Crippen LogP contribution in [-0.2, 0) is 35.0 Å². The van der Waals surface area contributed by atoms with Crippen LogP contribution in [0.3, 0.4) is 0 Å². The van der Waals surface area contributed by atoms with Crippen LogP contribution in [0.2, 0.25) is 0 Å². The minimum atomic E-state index is -1.09. The third-order valence-corrected chi connectivity index (χ3v) is 11.3. The van der Waals surface area contributed by atoms with Crippen molar-refractivity contribution in [3.8, 4) is 0 Å². The summed E-state index contributed by atoms with van der Waals surface area (Å²) in [5, 5.41) is 16.1. The first-order valence-corrected chi connectivity index (χ1v) is 19.1. The number of nitrogens with zero attached hydrogens (tertiary/aromatic N) is 1. The van der Waals surface area contributed by atoms with Gasteiger partial charge in [0, 0.05) is 59.4 Å². The molecular formula is C42H69N3O7. The van der Waals surface area contributed by atoms with Crippen molar-refractivity contribution >= 4 is 17.7 Å². The highest BCUT2D eigenvalue weighted by atomic mass is 16.5. The van der Waals surface area contributed by atoms with Gasteiger partial charge >= 0.3 is 5.97 Å².